The van der Waals surface area contributed by atoms with Crippen molar-refractivity contribution in [1.82, 2.24) is 36.8 Å². The molecule has 1 rings (SSSR count). The number of carboxylic acid groups (broad SMARTS) is 2. The van der Waals surface area contributed by atoms with Crippen molar-refractivity contribution in [2.45, 2.75) is 193 Å². The first-order valence-corrected chi connectivity index (χ1v) is 28.2. The number of rotatable bonds is 48. The molecule has 4 atom stereocenters. The van der Waals surface area contributed by atoms with Gasteiger partial charge in [-0.15, -0.1) is 0 Å². The summed E-state index contributed by atoms with van der Waals surface area (Å²) in [6, 6.07) is -4.07. The molecule has 0 unspecified atom stereocenters. The van der Waals surface area contributed by atoms with Crippen LogP contribution in [0.2, 0.25) is 0 Å². The number of amides is 8. The molecule has 0 saturated carbocycles. The van der Waals surface area contributed by atoms with Crippen LogP contribution in [0.15, 0.2) is 0 Å². The number of carboxylic acids is 2. The number of nitrogens with two attached hydrogens (primary N) is 1. The van der Waals surface area contributed by atoms with Crippen LogP contribution in [0.4, 0.5) is 0 Å². The maximum absolute atomic E-state index is 13.3. The topological polar surface area (TPSA) is 367 Å². The largest absolute Gasteiger partial charge is 0.481 e. The first-order valence-electron chi connectivity index (χ1n) is 28.2. The molecule has 1 heterocycles. The van der Waals surface area contributed by atoms with E-state index in [2.05, 4.69) is 31.9 Å². The van der Waals surface area contributed by atoms with Crippen LogP contribution in [0, 0.1) is 5.41 Å². The van der Waals surface area contributed by atoms with Crippen LogP contribution < -0.4 is 37.6 Å². The second-order valence-corrected chi connectivity index (χ2v) is 20.8. The fraction of sp³-hybridized carbons (Fsp3) is 0.796. The molecule has 0 aromatic heterocycles. The third-order valence-electron chi connectivity index (χ3n) is 12.8. The fourth-order valence-corrected chi connectivity index (χ4v) is 8.37. The SMILES string of the molecule is C[C@H](NC(=O)[C@H](CCC(N)=O)NC(=O)CNC(=O)COCCOCCNC(=O)COCCOCCNC(=O)CC[C@H](NC(=O)CCCCCCCCCCCCCCCCC(=O)O)C(=O)O)C(=O)N1CCC[C@H]1C(=O)C(C)(C)C. The van der Waals surface area contributed by atoms with Crippen molar-refractivity contribution >= 4 is 65.0 Å². The van der Waals surface area contributed by atoms with E-state index in [4.69, 9.17) is 29.8 Å². The highest BCUT2D eigenvalue weighted by Crippen LogP contribution is 2.27. The number of ketones is 1. The molecule has 0 radical (unpaired) electrons. The minimum Gasteiger partial charge on any atom is -0.481 e. The van der Waals surface area contributed by atoms with E-state index in [0.717, 1.165) is 51.4 Å². The molecule has 10 N–H and O–H groups in total. The summed E-state index contributed by atoms with van der Waals surface area (Å²) in [7, 11) is 0. The summed E-state index contributed by atoms with van der Waals surface area (Å²) in [4.78, 5) is 136. The minimum absolute atomic E-state index is 0.0211. The summed E-state index contributed by atoms with van der Waals surface area (Å²) in [5, 5.41) is 33.4. The van der Waals surface area contributed by atoms with Gasteiger partial charge in [0.2, 0.25) is 47.3 Å². The lowest BCUT2D eigenvalue weighted by Gasteiger charge is -2.31. The van der Waals surface area contributed by atoms with E-state index in [9.17, 15) is 57.8 Å². The van der Waals surface area contributed by atoms with Crippen LogP contribution in [0.25, 0.3) is 0 Å². The van der Waals surface area contributed by atoms with Gasteiger partial charge in [-0.1, -0.05) is 97.8 Å². The molecular formula is C54H94N8O17. The lowest BCUT2D eigenvalue weighted by atomic mass is 9.85. The van der Waals surface area contributed by atoms with Crippen molar-refractivity contribution in [2.75, 3.05) is 79.0 Å². The van der Waals surface area contributed by atoms with E-state index >= 15 is 0 Å². The summed E-state index contributed by atoms with van der Waals surface area (Å²) in [5.74, 6) is -6.44. The number of carbonyl (C=O) groups is 11. The molecule has 0 aromatic carbocycles. The molecule has 1 saturated heterocycles. The van der Waals surface area contributed by atoms with Gasteiger partial charge < -0.3 is 71.7 Å². The Balaban J connectivity index is 2.09. The van der Waals surface area contributed by atoms with Gasteiger partial charge in [0.25, 0.3) is 0 Å². The van der Waals surface area contributed by atoms with E-state index in [-0.39, 0.29) is 115 Å². The summed E-state index contributed by atoms with van der Waals surface area (Å²) in [6.07, 6.45) is 15.9. The average molecular weight is 1130 g/mol. The zero-order chi connectivity index (χ0) is 58.9. The molecule has 25 heteroatoms. The van der Waals surface area contributed by atoms with E-state index < -0.39 is 90.1 Å². The van der Waals surface area contributed by atoms with Crippen LogP contribution >= 0.6 is 0 Å². The predicted molar refractivity (Wildman–Crippen MR) is 290 cm³/mol. The molecule has 1 aliphatic heterocycles. The van der Waals surface area contributed by atoms with Gasteiger partial charge in [-0.3, -0.25) is 47.9 Å². The number of nitrogens with one attached hydrogen (secondary N) is 6. The second-order valence-electron chi connectivity index (χ2n) is 20.8. The van der Waals surface area contributed by atoms with Gasteiger partial charge in [0.15, 0.2) is 5.78 Å². The average Bonchev–Trinajstić information content (AvgIpc) is 3.88. The van der Waals surface area contributed by atoms with E-state index in [1.54, 1.807) is 20.8 Å². The number of ether oxygens (including phenoxy) is 4. The number of carbonyl (C=O) groups excluding carboxylic acids is 9. The number of nitrogens with zero attached hydrogens (tertiary/aromatic N) is 1. The Morgan fingerprint density at radius 2 is 1.01 bits per heavy atom. The summed E-state index contributed by atoms with van der Waals surface area (Å²) in [5.41, 5.74) is 4.60. The van der Waals surface area contributed by atoms with E-state index in [1.165, 1.54) is 43.9 Å². The molecule has 79 heavy (non-hydrogen) atoms. The van der Waals surface area contributed by atoms with Crippen LogP contribution in [-0.2, 0) is 71.7 Å². The molecule has 0 bridgehead atoms. The monoisotopic (exact) mass is 1130 g/mol. The smallest absolute Gasteiger partial charge is 0.326 e. The lowest BCUT2D eigenvalue weighted by Crippen LogP contribution is -2.56. The molecule has 8 amide bonds. The maximum Gasteiger partial charge on any atom is 0.326 e. The van der Waals surface area contributed by atoms with Crippen LogP contribution in [0.5, 0.6) is 0 Å². The van der Waals surface area contributed by atoms with Crippen molar-refractivity contribution in [1.29, 1.82) is 0 Å². The minimum atomic E-state index is -1.25. The maximum atomic E-state index is 13.3. The second kappa shape index (κ2) is 43.1. The highest BCUT2D eigenvalue weighted by atomic mass is 16.5. The normalized spacial score (nSPS) is 14.3. The Morgan fingerprint density at radius 3 is 1.52 bits per heavy atom. The predicted octanol–water partition coefficient (Wildman–Crippen LogP) is 1.94. The first-order chi connectivity index (χ1) is 37.6. The van der Waals surface area contributed by atoms with Crippen molar-refractivity contribution in [3.63, 3.8) is 0 Å². The molecule has 0 spiro atoms. The number of aliphatic carboxylic acids is 2. The Morgan fingerprint density at radius 1 is 0.544 bits per heavy atom. The van der Waals surface area contributed by atoms with Crippen molar-refractivity contribution in [3.8, 4) is 0 Å². The van der Waals surface area contributed by atoms with Gasteiger partial charge in [0.05, 0.1) is 52.2 Å². The summed E-state index contributed by atoms with van der Waals surface area (Å²) in [6.45, 7) is 7.00. The number of hydrogen-bond acceptors (Lipinski definition) is 15. The number of Topliss-reactive ketones (excluding diaryl/α,β-unsaturated/α-hetero) is 1. The van der Waals surface area contributed by atoms with Gasteiger partial charge in [-0.05, 0) is 45.4 Å². The van der Waals surface area contributed by atoms with E-state index in [1.807, 2.05) is 0 Å². The number of primary amides is 1. The number of unbranched alkanes of at least 4 members (excludes halogenated alkanes) is 13. The third-order valence-corrected chi connectivity index (χ3v) is 12.8. The molecule has 1 fully saturated rings. The van der Waals surface area contributed by atoms with Crippen molar-refractivity contribution in [2.24, 2.45) is 11.1 Å². The number of likely N-dealkylation sites (tertiary alicyclic amines) is 1. The van der Waals surface area contributed by atoms with Gasteiger partial charge >= 0.3 is 11.9 Å². The fourth-order valence-electron chi connectivity index (χ4n) is 8.37. The highest BCUT2D eigenvalue weighted by molar-refractivity contribution is 5.96. The first kappa shape index (κ1) is 71.2. The third kappa shape index (κ3) is 36.9. The molecule has 25 nitrogen and oxygen atoms in total. The zero-order valence-electron chi connectivity index (χ0n) is 47.4. The molecule has 1 aliphatic rings. The van der Waals surface area contributed by atoms with E-state index in [0.29, 0.717) is 25.8 Å². The van der Waals surface area contributed by atoms with Crippen LogP contribution in [0.1, 0.15) is 169 Å². The number of hydrogen-bond donors (Lipinski definition) is 9. The highest BCUT2D eigenvalue weighted by Gasteiger charge is 2.40. The Kier molecular flexibility index (Phi) is 38.8. The van der Waals surface area contributed by atoms with Crippen LogP contribution in [-0.4, -0.2) is 183 Å². The zero-order valence-corrected chi connectivity index (χ0v) is 47.4. The van der Waals surface area contributed by atoms with Gasteiger partial charge in [0.1, 0.15) is 31.3 Å². The van der Waals surface area contributed by atoms with Crippen molar-refractivity contribution < 1.29 is 81.9 Å². The van der Waals surface area contributed by atoms with Gasteiger partial charge in [0, 0.05) is 50.7 Å². The van der Waals surface area contributed by atoms with Crippen molar-refractivity contribution in [3.05, 3.63) is 0 Å². The molecular weight excluding hydrogens is 1030 g/mol. The molecule has 452 valence electrons. The quantitative estimate of drug-likeness (QED) is 0.0393. The molecule has 0 aromatic rings. The Hall–Kier alpha value is -5.79. The standard InChI is InChI=1S/C54H94N8O17/c1-39(52(73)62-29-19-20-42(62)50(71)54(2,3)4)59-51(72)40(23-25-43(55)63)60-46(66)36-58-48(68)38-79-35-33-77-31-28-57-47(67)37-78-34-32-76-30-27-56-44(64)26-24-41(53(74)75)61-45(65)21-17-15-13-11-9-7-5-6-8-10-12-14-16-18-22-49(69)70/h39-42H,5-38H2,1-4H3,(H2,55,63)(H,56,64)(H,57,67)(H,58,68)(H,59,72)(H,60,66)(H,61,65)(H,69,70)(H,74,75)/t39-,40-,41-,42-/m0/s1. The lowest BCUT2D eigenvalue weighted by molar-refractivity contribution is -0.143. The summed E-state index contributed by atoms with van der Waals surface area (Å²) >= 11 is 0. The molecule has 0 aliphatic carbocycles. The van der Waals surface area contributed by atoms with Crippen LogP contribution in [0.3, 0.4) is 0 Å². The van der Waals surface area contributed by atoms with Gasteiger partial charge in [-0.25, -0.2) is 4.79 Å². The Bertz CT molecular complexity index is 1880. The Labute approximate surface area is 465 Å². The van der Waals surface area contributed by atoms with Gasteiger partial charge in [-0.2, -0.15) is 0 Å². The summed E-state index contributed by atoms with van der Waals surface area (Å²) < 4.78 is 21.3.